The van der Waals surface area contributed by atoms with Crippen molar-refractivity contribution >= 4 is 37.5 Å². The van der Waals surface area contributed by atoms with Crippen molar-refractivity contribution in [3.05, 3.63) is 27.4 Å². The zero-order chi connectivity index (χ0) is 9.42. The van der Waals surface area contributed by atoms with Crippen molar-refractivity contribution in [2.45, 2.75) is 13.3 Å². The topological polar surface area (TPSA) is 12.9 Å². The third-order valence-electron chi connectivity index (χ3n) is 1.80. The van der Waals surface area contributed by atoms with Crippen LogP contribution < -0.4 is 0 Å². The Bertz CT molecular complexity index is 452. The van der Waals surface area contributed by atoms with E-state index in [1.165, 1.54) is 6.07 Å². The van der Waals surface area contributed by atoms with Crippen LogP contribution in [0.5, 0.6) is 0 Å². The van der Waals surface area contributed by atoms with Gasteiger partial charge in [0.15, 0.2) is 0 Å². The summed E-state index contributed by atoms with van der Waals surface area (Å²) in [6.45, 7) is 2.04. The monoisotopic (exact) mass is 259 g/mol. The van der Waals surface area contributed by atoms with Gasteiger partial charge in [-0.05, 0) is 34.5 Å². The smallest absolute Gasteiger partial charge is 0.138 e. The highest BCUT2D eigenvalue weighted by molar-refractivity contribution is 9.10. The lowest BCUT2D eigenvalue weighted by Gasteiger charge is -1.92. The molecule has 0 radical (unpaired) electrons. The molecule has 1 aromatic heterocycles. The number of fused-ring (bicyclic) bond motifs is 1. The largest absolute Gasteiger partial charge is 0.241 e. The van der Waals surface area contributed by atoms with E-state index in [1.54, 1.807) is 17.4 Å². The van der Waals surface area contributed by atoms with Gasteiger partial charge in [0.05, 0.1) is 19.7 Å². The molecule has 0 saturated carbocycles. The maximum atomic E-state index is 13.1. The summed E-state index contributed by atoms with van der Waals surface area (Å²) in [5.41, 5.74) is 0.870. The summed E-state index contributed by atoms with van der Waals surface area (Å²) in [5, 5.41) is 1.04. The van der Waals surface area contributed by atoms with Crippen LogP contribution in [0.3, 0.4) is 0 Å². The van der Waals surface area contributed by atoms with Crippen molar-refractivity contribution in [2.24, 2.45) is 0 Å². The number of halogens is 2. The van der Waals surface area contributed by atoms with Gasteiger partial charge in [-0.15, -0.1) is 11.3 Å². The Hall–Kier alpha value is -0.480. The standard InChI is InChI=1S/C9H7BrFNS/c1-2-7-12-6-4-3-5(11)8(10)9(6)13-7/h3-4H,2H2,1H3. The lowest BCUT2D eigenvalue weighted by atomic mass is 10.3. The van der Waals surface area contributed by atoms with Gasteiger partial charge in [-0.1, -0.05) is 6.92 Å². The summed E-state index contributed by atoms with van der Waals surface area (Å²) < 4.78 is 14.5. The Morgan fingerprint density at radius 1 is 1.54 bits per heavy atom. The number of benzene rings is 1. The van der Waals surface area contributed by atoms with Gasteiger partial charge in [0.1, 0.15) is 5.82 Å². The normalized spacial score (nSPS) is 11.0. The fourth-order valence-electron chi connectivity index (χ4n) is 1.13. The van der Waals surface area contributed by atoms with Crippen LogP contribution in [0.2, 0.25) is 0 Å². The zero-order valence-corrected chi connectivity index (χ0v) is 9.38. The number of rotatable bonds is 1. The van der Waals surface area contributed by atoms with Gasteiger partial charge >= 0.3 is 0 Å². The highest BCUT2D eigenvalue weighted by atomic mass is 79.9. The third kappa shape index (κ3) is 1.48. The van der Waals surface area contributed by atoms with Gasteiger partial charge in [0.25, 0.3) is 0 Å². The van der Waals surface area contributed by atoms with E-state index in [2.05, 4.69) is 20.9 Å². The predicted molar refractivity (Wildman–Crippen MR) is 56.7 cm³/mol. The molecule has 0 aliphatic heterocycles. The fourth-order valence-corrected chi connectivity index (χ4v) is 2.64. The second-order valence-corrected chi connectivity index (χ2v) is 4.55. The van der Waals surface area contributed by atoms with E-state index in [9.17, 15) is 4.39 Å². The molecule has 1 heterocycles. The summed E-state index contributed by atoms with van der Waals surface area (Å²) in [5.74, 6) is -0.223. The molecule has 0 unspecified atom stereocenters. The van der Waals surface area contributed by atoms with Gasteiger partial charge < -0.3 is 0 Å². The Morgan fingerprint density at radius 3 is 3.00 bits per heavy atom. The Balaban J connectivity index is 2.76. The highest BCUT2D eigenvalue weighted by Gasteiger charge is 2.08. The molecular formula is C9H7BrFNS. The van der Waals surface area contributed by atoms with Crippen LogP contribution in [0.25, 0.3) is 10.2 Å². The molecule has 2 rings (SSSR count). The number of aryl methyl sites for hydroxylation is 1. The molecule has 0 spiro atoms. The molecule has 0 aliphatic carbocycles. The highest BCUT2D eigenvalue weighted by Crippen LogP contribution is 2.31. The van der Waals surface area contributed by atoms with Gasteiger partial charge in [-0.3, -0.25) is 0 Å². The van der Waals surface area contributed by atoms with E-state index in [0.717, 1.165) is 21.6 Å². The van der Waals surface area contributed by atoms with Gasteiger partial charge in [0.2, 0.25) is 0 Å². The van der Waals surface area contributed by atoms with Crippen molar-refractivity contribution in [3.8, 4) is 0 Å². The molecule has 1 nitrogen and oxygen atoms in total. The molecular weight excluding hydrogens is 253 g/mol. The first kappa shape index (κ1) is 9.09. The summed E-state index contributed by atoms with van der Waals surface area (Å²) in [4.78, 5) is 4.36. The molecule has 4 heteroatoms. The van der Waals surface area contributed by atoms with E-state index < -0.39 is 0 Å². The maximum Gasteiger partial charge on any atom is 0.138 e. The second kappa shape index (κ2) is 3.35. The van der Waals surface area contributed by atoms with Gasteiger partial charge in [-0.2, -0.15) is 0 Å². The van der Waals surface area contributed by atoms with Crippen LogP contribution in [0.15, 0.2) is 16.6 Å². The van der Waals surface area contributed by atoms with E-state index in [1.807, 2.05) is 6.92 Å². The molecule has 0 bridgehead atoms. The summed E-state index contributed by atoms with van der Waals surface area (Å²) in [7, 11) is 0. The lowest BCUT2D eigenvalue weighted by Crippen LogP contribution is -1.77. The molecule has 0 aliphatic rings. The zero-order valence-electron chi connectivity index (χ0n) is 6.97. The number of thiazole rings is 1. The maximum absolute atomic E-state index is 13.1. The summed E-state index contributed by atoms with van der Waals surface area (Å²) >= 11 is 4.76. The quantitative estimate of drug-likeness (QED) is 0.760. The van der Waals surface area contributed by atoms with Crippen molar-refractivity contribution in [2.75, 3.05) is 0 Å². The molecule has 0 atom stereocenters. The molecule has 68 valence electrons. The Morgan fingerprint density at radius 2 is 2.31 bits per heavy atom. The third-order valence-corrected chi connectivity index (χ3v) is 4.07. The number of hydrogen-bond acceptors (Lipinski definition) is 2. The molecule has 2 aromatic rings. The average molecular weight is 260 g/mol. The molecule has 0 amide bonds. The van der Waals surface area contributed by atoms with Crippen LogP contribution in [0.4, 0.5) is 4.39 Å². The first-order valence-electron chi connectivity index (χ1n) is 3.95. The molecule has 0 saturated heterocycles. The van der Waals surface area contributed by atoms with Crippen molar-refractivity contribution in [3.63, 3.8) is 0 Å². The van der Waals surface area contributed by atoms with Gasteiger partial charge in [0, 0.05) is 0 Å². The second-order valence-electron chi connectivity index (χ2n) is 2.67. The number of nitrogens with zero attached hydrogens (tertiary/aromatic N) is 1. The Kier molecular flexibility index (Phi) is 2.34. The summed E-state index contributed by atoms with van der Waals surface area (Å²) in [6, 6.07) is 3.15. The molecule has 1 aromatic carbocycles. The van der Waals surface area contributed by atoms with Crippen LogP contribution in [-0.4, -0.2) is 4.98 Å². The van der Waals surface area contributed by atoms with E-state index in [-0.39, 0.29) is 5.82 Å². The lowest BCUT2D eigenvalue weighted by molar-refractivity contribution is 0.623. The molecule has 0 fully saturated rings. The number of hydrogen-bond donors (Lipinski definition) is 0. The minimum atomic E-state index is -0.223. The number of aromatic nitrogens is 1. The van der Waals surface area contributed by atoms with Crippen molar-refractivity contribution in [1.29, 1.82) is 0 Å². The first-order chi connectivity index (χ1) is 6.22. The average Bonchev–Trinajstić information content (AvgIpc) is 2.55. The minimum absolute atomic E-state index is 0.223. The molecule has 13 heavy (non-hydrogen) atoms. The van der Waals surface area contributed by atoms with E-state index in [0.29, 0.717) is 4.47 Å². The SMILES string of the molecule is CCc1nc2ccc(F)c(Br)c2s1. The van der Waals surface area contributed by atoms with Gasteiger partial charge in [-0.25, -0.2) is 9.37 Å². The molecule has 0 N–H and O–H groups in total. The summed E-state index contributed by atoms with van der Waals surface area (Å²) in [6.07, 6.45) is 0.896. The van der Waals surface area contributed by atoms with Crippen LogP contribution in [0.1, 0.15) is 11.9 Å². The van der Waals surface area contributed by atoms with Crippen molar-refractivity contribution in [1.82, 2.24) is 4.98 Å². The Labute approximate surface area is 87.7 Å². The van der Waals surface area contributed by atoms with Crippen LogP contribution >= 0.6 is 27.3 Å². The van der Waals surface area contributed by atoms with E-state index in [4.69, 9.17) is 0 Å². The fraction of sp³-hybridized carbons (Fsp3) is 0.222. The predicted octanol–water partition coefficient (Wildman–Crippen LogP) is 3.76. The van der Waals surface area contributed by atoms with E-state index >= 15 is 0 Å². The minimum Gasteiger partial charge on any atom is -0.241 e. The van der Waals surface area contributed by atoms with Crippen LogP contribution in [0, 0.1) is 5.82 Å². The first-order valence-corrected chi connectivity index (χ1v) is 5.56. The van der Waals surface area contributed by atoms with Crippen LogP contribution in [-0.2, 0) is 6.42 Å². The van der Waals surface area contributed by atoms with Crippen molar-refractivity contribution < 1.29 is 4.39 Å².